The van der Waals surface area contributed by atoms with Gasteiger partial charge in [-0.15, -0.1) is 0 Å². The predicted molar refractivity (Wildman–Crippen MR) is 98.4 cm³/mol. The standard InChI is InChI=1S/C21H24FN3O/c1-21(2)11-18(24-20(26)14-6-3-4-7-14)17-13-23-25(19(17)12-21)16-9-5-8-15(22)10-16/h5-6,8-10,13,18H,3-4,7,11-12H2,1-2H3,(H,24,26)/t18-/m0/s1. The van der Waals surface area contributed by atoms with Crippen molar-refractivity contribution in [3.8, 4) is 5.69 Å². The van der Waals surface area contributed by atoms with Gasteiger partial charge in [-0.05, 0) is 55.7 Å². The van der Waals surface area contributed by atoms with Crippen LogP contribution >= 0.6 is 0 Å². The lowest BCUT2D eigenvalue weighted by Gasteiger charge is -2.36. The van der Waals surface area contributed by atoms with Crippen molar-refractivity contribution >= 4 is 5.91 Å². The minimum absolute atomic E-state index is 0.0279. The third kappa shape index (κ3) is 3.18. The van der Waals surface area contributed by atoms with Crippen LogP contribution < -0.4 is 5.32 Å². The first-order valence-corrected chi connectivity index (χ1v) is 9.26. The summed E-state index contributed by atoms with van der Waals surface area (Å²) in [7, 11) is 0. The molecule has 4 rings (SSSR count). The molecular weight excluding hydrogens is 329 g/mol. The number of benzene rings is 1. The van der Waals surface area contributed by atoms with Gasteiger partial charge in [0.2, 0.25) is 5.91 Å². The number of allylic oxidation sites excluding steroid dienone is 1. The van der Waals surface area contributed by atoms with E-state index in [1.165, 1.54) is 12.1 Å². The molecule has 0 bridgehead atoms. The van der Waals surface area contributed by atoms with Crippen LogP contribution in [0.15, 0.2) is 42.1 Å². The number of nitrogens with one attached hydrogen (secondary N) is 1. The molecule has 4 nitrogen and oxygen atoms in total. The van der Waals surface area contributed by atoms with E-state index in [0.29, 0.717) is 5.69 Å². The van der Waals surface area contributed by atoms with Crippen LogP contribution in [0.5, 0.6) is 0 Å². The predicted octanol–water partition coefficient (Wildman–Crippen LogP) is 4.25. The number of fused-ring (bicyclic) bond motifs is 1. The van der Waals surface area contributed by atoms with Crippen molar-refractivity contribution in [2.75, 3.05) is 0 Å². The van der Waals surface area contributed by atoms with Crippen LogP contribution in [-0.4, -0.2) is 15.7 Å². The van der Waals surface area contributed by atoms with Crippen LogP contribution in [0.4, 0.5) is 4.39 Å². The molecule has 1 aromatic carbocycles. The van der Waals surface area contributed by atoms with Crippen molar-refractivity contribution in [3.05, 3.63) is 59.2 Å². The monoisotopic (exact) mass is 353 g/mol. The number of amides is 1. The van der Waals surface area contributed by atoms with Crippen molar-refractivity contribution in [1.29, 1.82) is 0 Å². The zero-order valence-corrected chi connectivity index (χ0v) is 15.3. The average Bonchev–Trinajstić information content (AvgIpc) is 3.23. The van der Waals surface area contributed by atoms with Gasteiger partial charge in [-0.2, -0.15) is 5.10 Å². The molecule has 0 saturated heterocycles. The Morgan fingerprint density at radius 2 is 2.23 bits per heavy atom. The molecular formula is C21H24FN3O. The van der Waals surface area contributed by atoms with Crippen molar-refractivity contribution < 1.29 is 9.18 Å². The van der Waals surface area contributed by atoms with Crippen LogP contribution in [0.1, 0.15) is 56.8 Å². The summed E-state index contributed by atoms with van der Waals surface area (Å²) in [4.78, 5) is 12.6. The first-order valence-electron chi connectivity index (χ1n) is 9.26. The molecule has 1 amide bonds. The van der Waals surface area contributed by atoms with Gasteiger partial charge in [-0.25, -0.2) is 9.07 Å². The Labute approximate surface area is 153 Å². The molecule has 0 unspecified atom stereocenters. The van der Waals surface area contributed by atoms with Gasteiger partial charge in [0.25, 0.3) is 0 Å². The number of rotatable bonds is 3. The zero-order chi connectivity index (χ0) is 18.3. The second kappa shape index (κ2) is 6.38. The van der Waals surface area contributed by atoms with Crippen LogP contribution in [0.25, 0.3) is 5.69 Å². The number of aromatic nitrogens is 2. The van der Waals surface area contributed by atoms with E-state index in [4.69, 9.17) is 0 Å². The van der Waals surface area contributed by atoms with E-state index in [-0.39, 0.29) is 23.2 Å². The fourth-order valence-electron chi connectivity index (χ4n) is 4.13. The van der Waals surface area contributed by atoms with Crippen molar-refractivity contribution in [2.45, 2.75) is 52.0 Å². The van der Waals surface area contributed by atoms with E-state index in [1.54, 1.807) is 6.07 Å². The summed E-state index contributed by atoms with van der Waals surface area (Å²) in [5, 5.41) is 7.73. The minimum atomic E-state index is -0.278. The highest BCUT2D eigenvalue weighted by atomic mass is 19.1. The third-order valence-corrected chi connectivity index (χ3v) is 5.37. The highest BCUT2D eigenvalue weighted by Gasteiger charge is 2.36. The Morgan fingerprint density at radius 3 is 2.96 bits per heavy atom. The number of nitrogens with zero attached hydrogens (tertiary/aromatic N) is 2. The molecule has 2 aliphatic rings. The van der Waals surface area contributed by atoms with E-state index in [9.17, 15) is 9.18 Å². The molecule has 5 heteroatoms. The van der Waals surface area contributed by atoms with Gasteiger partial charge in [0.05, 0.1) is 23.6 Å². The Morgan fingerprint density at radius 1 is 1.38 bits per heavy atom. The number of hydrogen-bond acceptors (Lipinski definition) is 2. The molecule has 2 aliphatic carbocycles. The van der Waals surface area contributed by atoms with Crippen molar-refractivity contribution in [1.82, 2.24) is 15.1 Å². The average molecular weight is 353 g/mol. The fraction of sp³-hybridized carbons (Fsp3) is 0.429. The van der Waals surface area contributed by atoms with Crippen LogP contribution in [0, 0.1) is 11.2 Å². The third-order valence-electron chi connectivity index (χ3n) is 5.37. The molecule has 26 heavy (non-hydrogen) atoms. The Bertz CT molecular complexity index is 881. The van der Waals surface area contributed by atoms with E-state index >= 15 is 0 Å². The van der Waals surface area contributed by atoms with E-state index in [1.807, 2.05) is 23.0 Å². The van der Waals surface area contributed by atoms with Crippen LogP contribution in [-0.2, 0) is 11.2 Å². The van der Waals surface area contributed by atoms with Gasteiger partial charge >= 0.3 is 0 Å². The van der Waals surface area contributed by atoms with Gasteiger partial charge in [0.15, 0.2) is 0 Å². The lowest BCUT2D eigenvalue weighted by Crippen LogP contribution is -2.37. The van der Waals surface area contributed by atoms with E-state index in [0.717, 1.165) is 48.9 Å². The first kappa shape index (κ1) is 17.0. The topological polar surface area (TPSA) is 46.9 Å². The zero-order valence-electron chi connectivity index (χ0n) is 15.3. The van der Waals surface area contributed by atoms with E-state index < -0.39 is 0 Å². The van der Waals surface area contributed by atoms with Gasteiger partial charge in [-0.3, -0.25) is 4.79 Å². The lowest BCUT2D eigenvalue weighted by atomic mass is 9.74. The maximum atomic E-state index is 13.7. The molecule has 1 heterocycles. The number of halogens is 1. The summed E-state index contributed by atoms with van der Waals surface area (Å²) in [6.07, 6.45) is 8.48. The fourth-order valence-corrected chi connectivity index (χ4v) is 4.13. The highest BCUT2D eigenvalue weighted by Crippen LogP contribution is 2.41. The summed E-state index contributed by atoms with van der Waals surface area (Å²) < 4.78 is 15.5. The quantitative estimate of drug-likeness (QED) is 0.897. The van der Waals surface area contributed by atoms with Crippen LogP contribution in [0.3, 0.4) is 0 Å². The summed E-state index contributed by atoms with van der Waals surface area (Å²) in [6.45, 7) is 4.40. The SMILES string of the molecule is CC1(C)Cc2c(cnn2-c2cccc(F)c2)[C@@H](NC(=O)C2=CCCC2)C1. The second-order valence-corrected chi connectivity index (χ2v) is 8.13. The van der Waals surface area contributed by atoms with Gasteiger partial charge in [-0.1, -0.05) is 26.0 Å². The highest BCUT2D eigenvalue weighted by molar-refractivity contribution is 5.94. The molecule has 0 radical (unpaired) electrons. The van der Waals surface area contributed by atoms with Crippen LogP contribution in [0.2, 0.25) is 0 Å². The molecule has 0 spiro atoms. The Balaban J connectivity index is 1.68. The van der Waals surface area contributed by atoms with Crippen molar-refractivity contribution in [2.24, 2.45) is 5.41 Å². The molecule has 1 N–H and O–H groups in total. The Kier molecular flexibility index (Phi) is 4.17. The minimum Gasteiger partial charge on any atom is -0.345 e. The Hall–Kier alpha value is -2.43. The molecule has 2 aromatic rings. The summed E-state index contributed by atoms with van der Waals surface area (Å²) in [5.41, 5.74) is 3.73. The maximum Gasteiger partial charge on any atom is 0.247 e. The molecule has 0 aliphatic heterocycles. The van der Waals surface area contributed by atoms with Gasteiger partial charge < -0.3 is 5.32 Å². The molecule has 1 aromatic heterocycles. The molecule has 1 atom stereocenters. The number of carbonyl (C=O) groups excluding carboxylic acids is 1. The number of carbonyl (C=O) groups is 1. The maximum absolute atomic E-state index is 13.7. The molecule has 0 fully saturated rings. The van der Waals surface area contributed by atoms with Gasteiger partial charge in [0.1, 0.15) is 5.82 Å². The molecule has 136 valence electrons. The normalized spacial score (nSPS) is 21.2. The lowest BCUT2D eigenvalue weighted by molar-refractivity contribution is -0.118. The summed E-state index contributed by atoms with van der Waals surface area (Å²) in [5.74, 6) is -0.241. The molecule has 0 saturated carbocycles. The second-order valence-electron chi connectivity index (χ2n) is 8.13. The first-order chi connectivity index (χ1) is 12.4. The van der Waals surface area contributed by atoms with E-state index in [2.05, 4.69) is 24.3 Å². The largest absolute Gasteiger partial charge is 0.345 e. The smallest absolute Gasteiger partial charge is 0.247 e. The van der Waals surface area contributed by atoms with Gasteiger partial charge in [0, 0.05) is 11.1 Å². The van der Waals surface area contributed by atoms with Crippen molar-refractivity contribution in [3.63, 3.8) is 0 Å². The summed E-state index contributed by atoms with van der Waals surface area (Å²) in [6, 6.07) is 6.41. The number of hydrogen-bond donors (Lipinski definition) is 1. The summed E-state index contributed by atoms with van der Waals surface area (Å²) >= 11 is 0.